The summed E-state index contributed by atoms with van der Waals surface area (Å²) in [5, 5.41) is 6.99. The van der Waals surface area contributed by atoms with E-state index in [2.05, 4.69) is 64.0 Å². The molecule has 1 aromatic rings. The molecule has 0 amide bonds. The summed E-state index contributed by atoms with van der Waals surface area (Å²) in [6.45, 7) is 15.3. The Morgan fingerprint density at radius 3 is 2.54 bits per heavy atom. The second-order valence-electron chi connectivity index (χ2n) is 7.99. The molecule has 1 aliphatic heterocycles. The highest BCUT2D eigenvalue weighted by Crippen LogP contribution is 2.19. The molecule has 2 heterocycles. The molecule has 28 heavy (non-hydrogen) atoms. The van der Waals surface area contributed by atoms with Gasteiger partial charge in [-0.05, 0) is 11.8 Å². The zero-order valence-electron chi connectivity index (χ0n) is 18.4. The van der Waals surface area contributed by atoms with E-state index in [1.807, 2.05) is 13.2 Å². The van der Waals surface area contributed by atoms with E-state index in [0.717, 1.165) is 51.2 Å². The van der Waals surface area contributed by atoms with Gasteiger partial charge in [0, 0.05) is 51.7 Å². The number of aromatic nitrogens is 2. The first-order chi connectivity index (χ1) is 13.6. The van der Waals surface area contributed by atoms with Gasteiger partial charge < -0.3 is 19.9 Å². The second kappa shape index (κ2) is 12.1. The Labute approximate surface area is 171 Å². The van der Waals surface area contributed by atoms with Crippen LogP contribution in [-0.2, 0) is 17.8 Å². The molecule has 1 aliphatic rings. The van der Waals surface area contributed by atoms with Gasteiger partial charge in [0.2, 0.25) is 0 Å². The third kappa shape index (κ3) is 6.78. The van der Waals surface area contributed by atoms with Crippen LogP contribution >= 0.6 is 0 Å². The van der Waals surface area contributed by atoms with Gasteiger partial charge in [0.15, 0.2) is 5.96 Å². The molecule has 2 N–H and O–H groups in total. The topological polar surface area (TPSA) is 66.7 Å². The second-order valence-corrected chi connectivity index (χ2v) is 7.99. The predicted molar refractivity (Wildman–Crippen MR) is 116 cm³/mol. The fourth-order valence-electron chi connectivity index (χ4n) is 3.99. The fourth-order valence-corrected chi connectivity index (χ4v) is 3.99. The minimum atomic E-state index is 0.500. The third-order valence-corrected chi connectivity index (χ3v) is 5.59. The number of ether oxygens (including phenoxy) is 1. The Bertz CT molecular complexity index is 575. The maximum atomic E-state index is 5.55. The number of aliphatic imine (C=N–C) groups is 1. The number of nitrogens with zero attached hydrogens (tertiary/aromatic N) is 4. The van der Waals surface area contributed by atoms with E-state index in [9.17, 15) is 0 Å². The molecule has 160 valence electrons. The number of imidazole rings is 1. The van der Waals surface area contributed by atoms with E-state index in [1.54, 1.807) is 0 Å². The van der Waals surface area contributed by atoms with Crippen molar-refractivity contribution in [1.82, 2.24) is 25.1 Å². The van der Waals surface area contributed by atoms with Gasteiger partial charge in [-0.25, -0.2) is 4.98 Å². The molecule has 1 unspecified atom stereocenters. The largest absolute Gasteiger partial charge is 0.379 e. The molecule has 0 spiro atoms. The molecule has 1 fully saturated rings. The van der Waals surface area contributed by atoms with Gasteiger partial charge in [-0.2, -0.15) is 0 Å². The van der Waals surface area contributed by atoms with Crippen LogP contribution in [0.1, 0.15) is 46.4 Å². The van der Waals surface area contributed by atoms with Crippen LogP contribution in [0, 0.1) is 11.8 Å². The van der Waals surface area contributed by atoms with Crippen molar-refractivity contribution in [3.05, 3.63) is 18.2 Å². The van der Waals surface area contributed by atoms with Gasteiger partial charge in [-0.3, -0.25) is 9.89 Å². The van der Waals surface area contributed by atoms with E-state index in [-0.39, 0.29) is 0 Å². The Morgan fingerprint density at radius 2 is 1.93 bits per heavy atom. The fraction of sp³-hybridized carbons (Fsp3) is 0.810. The lowest BCUT2D eigenvalue weighted by molar-refractivity contribution is 0.00272. The van der Waals surface area contributed by atoms with Gasteiger partial charge in [0.1, 0.15) is 5.82 Å². The first-order valence-corrected chi connectivity index (χ1v) is 10.8. The third-order valence-electron chi connectivity index (χ3n) is 5.59. The molecular formula is C21H40N6O. The zero-order valence-corrected chi connectivity index (χ0v) is 18.4. The van der Waals surface area contributed by atoms with Crippen LogP contribution in [0.15, 0.2) is 17.4 Å². The maximum Gasteiger partial charge on any atom is 0.191 e. The Hall–Kier alpha value is -1.60. The average Bonchev–Trinajstić information content (AvgIpc) is 3.14. The van der Waals surface area contributed by atoms with Crippen molar-refractivity contribution < 1.29 is 4.74 Å². The first kappa shape index (κ1) is 22.7. The minimum Gasteiger partial charge on any atom is -0.379 e. The molecule has 0 radical (unpaired) electrons. The first-order valence-electron chi connectivity index (χ1n) is 10.8. The summed E-state index contributed by atoms with van der Waals surface area (Å²) in [5.41, 5.74) is 0. The minimum absolute atomic E-state index is 0.500. The molecule has 1 aromatic heterocycles. The molecule has 0 bridgehead atoms. The van der Waals surface area contributed by atoms with Crippen molar-refractivity contribution in [3.63, 3.8) is 0 Å². The van der Waals surface area contributed by atoms with Gasteiger partial charge in [0.25, 0.3) is 0 Å². The van der Waals surface area contributed by atoms with Crippen LogP contribution < -0.4 is 10.6 Å². The SMILES string of the molecule is CCC(CC)C(CNC(=NC)NCc1nccn1CC(C)C)N1CCOCC1. The average molecular weight is 393 g/mol. The Morgan fingerprint density at radius 1 is 1.21 bits per heavy atom. The summed E-state index contributed by atoms with van der Waals surface area (Å²) < 4.78 is 7.77. The van der Waals surface area contributed by atoms with Crippen LogP contribution in [-0.4, -0.2) is 66.3 Å². The van der Waals surface area contributed by atoms with Crippen LogP contribution in [0.3, 0.4) is 0 Å². The molecule has 1 atom stereocenters. The highest BCUT2D eigenvalue weighted by molar-refractivity contribution is 5.79. The van der Waals surface area contributed by atoms with Crippen LogP contribution in [0.2, 0.25) is 0 Å². The molecule has 0 aliphatic carbocycles. The number of rotatable bonds is 10. The number of nitrogens with one attached hydrogen (secondary N) is 2. The van der Waals surface area contributed by atoms with Crippen LogP contribution in [0.5, 0.6) is 0 Å². The van der Waals surface area contributed by atoms with E-state index in [1.165, 1.54) is 12.8 Å². The number of guanidine groups is 1. The smallest absolute Gasteiger partial charge is 0.191 e. The summed E-state index contributed by atoms with van der Waals surface area (Å²) >= 11 is 0. The highest BCUT2D eigenvalue weighted by Gasteiger charge is 2.27. The Kier molecular flexibility index (Phi) is 9.78. The molecular weight excluding hydrogens is 352 g/mol. The van der Waals surface area contributed by atoms with Crippen molar-refractivity contribution in [2.45, 2.75) is 59.7 Å². The summed E-state index contributed by atoms with van der Waals surface area (Å²) in [4.78, 5) is 11.5. The van der Waals surface area contributed by atoms with E-state index in [4.69, 9.17) is 4.74 Å². The number of hydrogen-bond acceptors (Lipinski definition) is 4. The summed E-state index contributed by atoms with van der Waals surface area (Å²) in [7, 11) is 1.83. The standard InChI is InChI=1S/C21H40N6O/c1-6-18(7-2)19(26-10-12-28-13-11-26)14-24-21(22-5)25-15-20-23-8-9-27(20)16-17(3)4/h8-9,17-19H,6-7,10-16H2,1-5H3,(H2,22,24,25). The molecule has 7 nitrogen and oxygen atoms in total. The molecule has 0 aromatic carbocycles. The van der Waals surface area contributed by atoms with Crippen LogP contribution in [0.25, 0.3) is 0 Å². The summed E-state index contributed by atoms with van der Waals surface area (Å²) in [5.74, 6) is 3.15. The molecule has 7 heteroatoms. The molecule has 2 rings (SSSR count). The predicted octanol–water partition coefficient (Wildman–Crippen LogP) is 2.34. The van der Waals surface area contributed by atoms with Crippen LogP contribution in [0.4, 0.5) is 0 Å². The van der Waals surface area contributed by atoms with Crippen molar-refractivity contribution in [1.29, 1.82) is 0 Å². The van der Waals surface area contributed by atoms with Crippen molar-refractivity contribution in [3.8, 4) is 0 Å². The molecule has 0 saturated carbocycles. The van der Waals surface area contributed by atoms with Crippen molar-refractivity contribution >= 4 is 5.96 Å². The highest BCUT2D eigenvalue weighted by atomic mass is 16.5. The van der Waals surface area contributed by atoms with Gasteiger partial charge in [0.05, 0.1) is 19.8 Å². The summed E-state index contributed by atoms with van der Waals surface area (Å²) in [6.07, 6.45) is 6.31. The van der Waals surface area contributed by atoms with E-state index >= 15 is 0 Å². The summed E-state index contributed by atoms with van der Waals surface area (Å²) in [6, 6.07) is 0.500. The Balaban J connectivity index is 1.92. The zero-order chi connectivity index (χ0) is 20.4. The van der Waals surface area contributed by atoms with Gasteiger partial charge >= 0.3 is 0 Å². The number of hydrogen-bond donors (Lipinski definition) is 2. The lowest BCUT2D eigenvalue weighted by atomic mass is 9.92. The normalized spacial score (nSPS) is 17.3. The number of morpholine rings is 1. The van der Waals surface area contributed by atoms with E-state index < -0.39 is 0 Å². The lowest BCUT2D eigenvalue weighted by Gasteiger charge is -2.39. The van der Waals surface area contributed by atoms with E-state index in [0.29, 0.717) is 24.4 Å². The van der Waals surface area contributed by atoms with Crippen molar-refractivity contribution in [2.24, 2.45) is 16.8 Å². The quantitative estimate of drug-likeness (QED) is 0.473. The van der Waals surface area contributed by atoms with Gasteiger partial charge in [-0.1, -0.05) is 40.5 Å². The van der Waals surface area contributed by atoms with Gasteiger partial charge in [-0.15, -0.1) is 0 Å². The maximum absolute atomic E-state index is 5.55. The lowest BCUT2D eigenvalue weighted by Crippen LogP contribution is -2.53. The van der Waals surface area contributed by atoms with Crippen molar-refractivity contribution in [2.75, 3.05) is 39.9 Å². The monoisotopic (exact) mass is 392 g/mol. The molecule has 1 saturated heterocycles.